The Labute approximate surface area is 73.8 Å². The zero-order chi connectivity index (χ0) is 8.39. The van der Waals surface area contributed by atoms with E-state index >= 15 is 0 Å². The smallest absolute Gasteiger partial charge is 0.0471 e. The summed E-state index contributed by atoms with van der Waals surface area (Å²) in [4.78, 5) is 0. The summed E-state index contributed by atoms with van der Waals surface area (Å²) >= 11 is 0. The van der Waals surface area contributed by atoms with Crippen LogP contribution in [0.2, 0.25) is 0 Å². The molecule has 0 aromatic carbocycles. The Morgan fingerprint density at radius 2 is 2.00 bits per heavy atom. The van der Waals surface area contributed by atoms with Crippen LogP contribution in [0, 0.1) is 5.92 Å². The van der Waals surface area contributed by atoms with Crippen LogP contribution in [0.5, 0.6) is 0 Å². The predicted octanol–water partition coefficient (Wildman–Crippen LogP) is 1.46. The van der Waals surface area contributed by atoms with Crippen molar-refractivity contribution in [3.05, 3.63) is 11.6 Å². The number of nitrogens with two attached hydrogens (primary N) is 1. The van der Waals surface area contributed by atoms with Crippen molar-refractivity contribution >= 4 is 0 Å². The highest BCUT2D eigenvalue weighted by atomic mass is 16.5. The fourth-order valence-corrected chi connectivity index (χ4v) is 2.18. The second-order valence-electron chi connectivity index (χ2n) is 3.83. The van der Waals surface area contributed by atoms with Gasteiger partial charge in [-0.25, -0.2) is 0 Å². The molecule has 2 aliphatic rings. The van der Waals surface area contributed by atoms with Crippen LogP contribution in [0.4, 0.5) is 0 Å². The molecule has 0 aromatic heterocycles. The average Bonchev–Trinajstić information content (AvgIpc) is 2.54. The standard InChI is InChI=1S/C10H17NO/c11-10-2-1-9(7-10)8-3-5-12-6-4-8/h7-8,10H,1-6,11H2. The maximum absolute atomic E-state index is 5.82. The van der Waals surface area contributed by atoms with E-state index in [1.807, 2.05) is 0 Å². The maximum atomic E-state index is 5.82. The maximum Gasteiger partial charge on any atom is 0.0471 e. The summed E-state index contributed by atoms with van der Waals surface area (Å²) in [6.07, 6.45) is 7.08. The molecule has 1 fully saturated rings. The van der Waals surface area contributed by atoms with Gasteiger partial charge in [-0.3, -0.25) is 0 Å². The molecule has 0 amide bonds. The topological polar surface area (TPSA) is 35.2 Å². The van der Waals surface area contributed by atoms with Crippen LogP contribution in [-0.2, 0) is 4.74 Å². The molecule has 0 bridgehead atoms. The van der Waals surface area contributed by atoms with Gasteiger partial charge in [0.15, 0.2) is 0 Å². The normalized spacial score (nSPS) is 32.1. The summed E-state index contributed by atoms with van der Waals surface area (Å²) in [6, 6.07) is 0.336. The van der Waals surface area contributed by atoms with Gasteiger partial charge in [0.05, 0.1) is 0 Å². The molecule has 1 saturated heterocycles. The third-order valence-electron chi connectivity index (χ3n) is 2.94. The van der Waals surface area contributed by atoms with Crippen LogP contribution >= 0.6 is 0 Å². The van der Waals surface area contributed by atoms with Gasteiger partial charge in [0.25, 0.3) is 0 Å². The third-order valence-corrected chi connectivity index (χ3v) is 2.94. The van der Waals surface area contributed by atoms with Crippen LogP contribution in [0.15, 0.2) is 11.6 Å². The number of ether oxygens (including phenoxy) is 1. The monoisotopic (exact) mass is 167 g/mol. The van der Waals surface area contributed by atoms with Gasteiger partial charge in [-0.05, 0) is 31.6 Å². The Hall–Kier alpha value is -0.340. The molecule has 0 saturated carbocycles. The van der Waals surface area contributed by atoms with Gasteiger partial charge in [-0.2, -0.15) is 0 Å². The Kier molecular flexibility index (Phi) is 2.47. The molecule has 2 N–H and O–H groups in total. The van der Waals surface area contributed by atoms with E-state index in [9.17, 15) is 0 Å². The van der Waals surface area contributed by atoms with Crippen molar-refractivity contribution in [3.63, 3.8) is 0 Å². The summed E-state index contributed by atoms with van der Waals surface area (Å²) in [6.45, 7) is 1.88. The molecular formula is C10H17NO. The predicted molar refractivity (Wildman–Crippen MR) is 48.8 cm³/mol. The van der Waals surface area contributed by atoms with Gasteiger partial charge in [0.2, 0.25) is 0 Å². The minimum absolute atomic E-state index is 0.336. The molecule has 68 valence electrons. The van der Waals surface area contributed by atoms with Gasteiger partial charge in [0, 0.05) is 19.3 Å². The molecule has 2 rings (SSSR count). The van der Waals surface area contributed by atoms with E-state index < -0.39 is 0 Å². The summed E-state index contributed by atoms with van der Waals surface area (Å²) in [5, 5.41) is 0. The van der Waals surface area contributed by atoms with Crippen LogP contribution in [0.25, 0.3) is 0 Å². The number of hydrogen-bond acceptors (Lipinski definition) is 2. The number of allylic oxidation sites excluding steroid dienone is 1. The first-order valence-electron chi connectivity index (χ1n) is 4.90. The second-order valence-corrected chi connectivity index (χ2v) is 3.83. The molecule has 1 atom stereocenters. The Morgan fingerprint density at radius 3 is 2.58 bits per heavy atom. The lowest BCUT2D eigenvalue weighted by Gasteiger charge is -2.23. The van der Waals surface area contributed by atoms with Crippen molar-refractivity contribution in [2.24, 2.45) is 11.7 Å². The van der Waals surface area contributed by atoms with Crippen molar-refractivity contribution in [2.45, 2.75) is 31.7 Å². The quantitative estimate of drug-likeness (QED) is 0.600. The summed E-state index contributed by atoms with van der Waals surface area (Å²) in [5.74, 6) is 0.785. The van der Waals surface area contributed by atoms with Crippen molar-refractivity contribution < 1.29 is 4.74 Å². The zero-order valence-electron chi connectivity index (χ0n) is 7.46. The molecular weight excluding hydrogens is 150 g/mol. The Balaban J connectivity index is 1.94. The van der Waals surface area contributed by atoms with E-state index in [2.05, 4.69) is 6.08 Å². The van der Waals surface area contributed by atoms with Crippen molar-refractivity contribution in [1.29, 1.82) is 0 Å². The van der Waals surface area contributed by atoms with E-state index in [-0.39, 0.29) is 0 Å². The second kappa shape index (κ2) is 3.58. The summed E-state index contributed by atoms with van der Waals surface area (Å²) in [7, 11) is 0. The lowest BCUT2D eigenvalue weighted by atomic mass is 9.91. The van der Waals surface area contributed by atoms with Crippen molar-refractivity contribution in [3.8, 4) is 0 Å². The molecule has 1 unspecified atom stereocenters. The molecule has 1 heterocycles. The van der Waals surface area contributed by atoms with Crippen LogP contribution in [0.1, 0.15) is 25.7 Å². The van der Waals surface area contributed by atoms with E-state index in [1.54, 1.807) is 5.57 Å². The third kappa shape index (κ3) is 1.70. The van der Waals surface area contributed by atoms with Gasteiger partial charge in [-0.15, -0.1) is 0 Å². The average molecular weight is 167 g/mol. The number of rotatable bonds is 1. The minimum Gasteiger partial charge on any atom is -0.381 e. The van der Waals surface area contributed by atoms with Crippen molar-refractivity contribution in [2.75, 3.05) is 13.2 Å². The van der Waals surface area contributed by atoms with Gasteiger partial charge >= 0.3 is 0 Å². The molecule has 0 aromatic rings. The molecule has 1 aliphatic carbocycles. The van der Waals surface area contributed by atoms with E-state index in [1.165, 1.54) is 19.3 Å². The zero-order valence-corrected chi connectivity index (χ0v) is 7.46. The van der Waals surface area contributed by atoms with Crippen molar-refractivity contribution in [1.82, 2.24) is 0 Å². The van der Waals surface area contributed by atoms with Gasteiger partial charge < -0.3 is 10.5 Å². The first kappa shape index (κ1) is 8.27. The summed E-state index contributed by atoms with van der Waals surface area (Å²) in [5.41, 5.74) is 7.43. The lowest BCUT2D eigenvalue weighted by Crippen LogP contribution is -2.17. The Morgan fingerprint density at radius 1 is 1.25 bits per heavy atom. The highest BCUT2D eigenvalue weighted by molar-refractivity contribution is 5.16. The van der Waals surface area contributed by atoms with E-state index in [0.717, 1.165) is 25.6 Å². The molecule has 2 heteroatoms. The fraction of sp³-hybridized carbons (Fsp3) is 0.800. The lowest BCUT2D eigenvalue weighted by molar-refractivity contribution is 0.0752. The van der Waals surface area contributed by atoms with Crippen LogP contribution in [-0.4, -0.2) is 19.3 Å². The minimum atomic E-state index is 0.336. The SMILES string of the molecule is NC1C=C(C2CCOCC2)CC1. The highest BCUT2D eigenvalue weighted by Gasteiger charge is 2.22. The fourth-order valence-electron chi connectivity index (χ4n) is 2.18. The Bertz CT molecular complexity index is 182. The highest BCUT2D eigenvalue weighted by Crippen LogP contribution is 2.30. The molecule has 0 radical (unpaired) electrons. The first-order valence-corrected chi connectivity index (χ1v) is 4.90. The summed E-state index contributed by atoms with van der Waals surface area (Å²) < 4.78 is 5.33. The largest absolute Gasteiger partial charge is 0.381 e. The molecule has 0 spiro atoms. The first-order chi connectivity index (χ1) is 5.86. The molecule has 1 aliphatic heterocycles. The van der Waals surface area contributed by atoms with Crippen LogP contribution in [0.3, 0.4) is 0 Å². The van der Waals surface area contributed by atoms with Gasteiger partial charge in [-0.1, -0.05) is 11.6 Å². The van der Waals surface area contributed by atoms with Crippen LogP contribution < -0.4 is 5.73 Å². The number of hydrogen-bond donors (Lipinski definition) is 1. The van der Waals surface area contributed by atoms with E-state index in [0.29, 0.717) is 6.04 Å². The van der Waals surface area contributed by atoms with E-state index in [4.69, 9.17) is 10.5 Å². The van der Waals surface area contributed by atoms with Gasteiger partial charge in [0.1, 0.15) is 0 Å². The molecule has 2 nitrogen and oxygen atoms in total. The molecule has 12 heavy (non-hydrogen) atoms.